The minimum absolute atomic E-state index is 0.00254. The fraction of sp³-hybridized carbons (Fsp3) is 0.600. The van der Waals surface area contributed by atoms with E-state index in [1.54, 1.807) is 18.2 Å². The molecule has 5 heteroatoms. The predicted octanol–water partition coefficient (Wildman–Crippen LogP) is 2.56. The molecular weight excluding hydrogens is 272 g/mol. The van der Waals surface area contributed by atoms with Crippen LogP contribution in [0.15, 0.2) is 29.2 Å². The molecule has 0 bridgehead atoms. The van der Waals surface area contributed by atoms with E-state index >= 15 is 0 Å². The SMILES string of the molecule is CCC(N)c1cccc(S(=O)(=O)NC(C)C2CCC2)c1. The summed E-state index contributed by atoms with van der Waals surface area (Å²) >= 11 is 0. The second-order valence-corrected chi connectivity index (χ2v) is 7.40. The quantitative estimate of drug-likeness (QED) is 0.847. The van der Waals surface area contributed by atoms with E-state index in [0.717, 1.165) is 24.8 Å². The summed E-state index contributed by atoms with van der Waals surface area (Å²) in [7, 11) is -3.45. The van der Waals surface area contributed by atoms with E-state index in [-0.39, 0.29) is 12.1 Å². The molecule has 0 spiro atoms. The minimum Gasteiger partial charge on any atom is -0.324 e. The van der Waals surface area contributed by atoms with E-state index < -0.39 is 10.0 Å². The summed E-state index contributed by atoms with van der Waals surface area (Å²) in [5, 5.41) is 0. The third kappa shape index (κ3) is 3.40. The van der Waals surface area contributed by atoms with Crippen LogP contribution in [0, 0.1) is 5.92 Å². The summed E-state index contributed by atoms with van der Waals surface area (Å²) < 4.78 is 27.6. The van der Waals surface area contributed by atoms with Crippen LogP contribution in [0.4, 0.5) is 0 Å². The Hall–Kier alpha value is -0.910. The summed E-state index contributed by atoms with van der Waals surface area (Å²) in [6.45, 7) is 3.94. The predicted molar refractivity (Wildman–Crippen MR) is 80.8 cm³/mol. The number of benzene rings is 1. The van der Waals surface area contributed by atoms with Crippen LogP contribution in [0.3, 0.4) is 0 Å². The Bertz CT molecular complexity index is 553. The first-order valence-corrected chi connectivity index (χ1v) is 8.80. The molecule has 2 rings (SSSR count). The molecule has 20 heavy (non-hydrogen) atoms. The normalized spacial score (nSPS) is 19.4. The van der Waals surface area contributed by atoms with Gasteiger partial charge in [0, 0.05) is 12.1 Å². The Morgan fingerprint density at radius 3 is 2.65 bits per heavy atom. The van der Waals surface area contributed by atoms with Gasteiger partial charge in [0.25, 0.3) is 0 Å². The third-order valence-electron chi connectivity index (χ3n) is 4.23. The fourth-order valence-electron chi connectivity index (χ4n) is 2.50. The van der Waals surface area contributed by atoms with Crippen molar-refractivity contribution < 1.29 is 8.42 Å². The van der Waals surface area contributed by atoms with Crippen molar-refractivity contribution >= 4 is 10.0 Å². The summed E-state index contributed by atoms with van der Waals surface area (Å²) in [5.41, 5.74) is 6.84. The zero-order chi connectivity index (χ0) is 14.8. The minimum atomic E-state index is -3.45. The van der Waals surface area contributed by atoms with Crippen molar-refractivity contribution in [2.75, 3.05) is 0 Å². The van der Waals surface area contributed by atoms with Gasteiger partial charge in [-0.1, -0.05) is 25.5 Å². The van der Waals surface area contributed by atoms with E-state index in [0.29, 0.717) is 10.8 Å². The van der Waals surface area contributed by atoms with Crippen molar-refractivity contribution in [3.8, 4) is 0 Å². The standard InChI is InChI=1S/C15H24N2O2S/c1-3-15(16)13-8-5-9-14(10-13)20(18,19)17-11(2)12-6-4-7-12/h5,8-12,15,17H,3-4,6-7,16H2,1-2H3. The summed E-state index contributed by atoms with van der Waals surface area (Å²) in [5.74, 6) is 0.478. The van der Waals surface area contributed by atoms with Crippen molar-refractivity contribution in [1.29, 1.82) is 0 Å². The molecule has 2 atom stereocenters. The molecule has 0 radical (unpaired) electrons. The van der Waals surface area contributed by atoms with Gasteiger partial charge < -0.3 is 5.73 Å². The lowest BCUT2D eigenvalue weighted by Gasteiger charge is -2.31. The number of hydrogen-bond acceptors (Lipinski definition) is 3. The molecule has 3 N–H and O–H groups in total. The first kappa shape index (κ1) is 15.5. The number of nitrogens with two attached hydrogens (primary N) is 1. The van der Waals surface area contributed by atoms with Gasteiger partial charge in [-0.05, 0) is 49.8 Å². The number of rotatable bonds is 6. The first-order valence-electron chi connectivity index (χ1n) is 7.32. The molecule has 0 aliphatic heterocycles. The zero-order valence-electron chi connectivity index (χ0n) is 12.2. The van der Waals surface area contributed by atoms with Crippen LogP contribution in [0.25, 0.3) is 0 Å². The van der Waals surface area contributed by atoms with Crippen molar-refractivity contribution in [3.63, 3.8) is 0 Å². The molecule has 1 aromatic rings. The van der Waals surface area contributed by atoms with Crippen LogP contribution >= 0.6 is 0 Å². The van der Waals surface area contributed by atoms with Gasteiger partial charge >= 0.3 is 0 Å². The van der Waals surface area contributed by atoms with E-state index in [9.17, 15) is 8.42 Å². The molecule has 0 amide bonds. The Morgan fingerprint density at radius 1 is 1.40 bits per heavy atom. The Kier molecular flexibility index (Phi) is 4.83. The lowest BCUT2D eigenvalue weighted by atomic mass is 9.81. The summed E-state index contributed by atoms with van der Waals surface area (Å²) in [4.78, 5) is 0.310. The first-order chi connectivity index (χ1) is 9.44. The van der Waals surface area contributed by atoms with Crippen LogP contribution in [0.5, 0.6) is 0 Å². The van der Waals surface area contributed by atoms with Gasteiger partial charge in [-0.15, -0.1) is 0 Å². The Labute approximate surface area is 121 Å². The maximum Gasteiger partial charge on any atom is 0.240 e. The molecule has 0 heterocycles. The van der Waals surface area contributed by atoms with E-state index in [4.69, 9.17) is 5.73 Å². The highest BCUT2D eigenvalue weighted by Crippen LogP contribution is 2.30. The highest BCUT2D eigenvalue weighted by atomic mass is 32.2. The molecule has 1 aliphatic rings. The van der Waals surface area contributed by atoms with E-state index in [2.05, 4.69) is 4.72 Å². The number of nitrogens with one attached hydrogen (secondary N) is 1. The molecule has 2 unspecified atom stereocenters. The number of sulfonamides is 1. The van der Waals surface area contributed by atoms with Crippen molar-refractivity contribution in [2.45, 2.75) is 56.5 Å². The van der Waals surface area contributed by atoms with Gasteiger partial charge in [0.15, 0.2) is 0 Å². The van der Waals surface area contributed by atoms with Crippen LogP contribution in [0.2, 0.25) is 0 Å². The van der Waals surface area contributed by atoms with Crippen LogP contribution in [0.1, 0.15) is 51.1 Å². The molecule has 0 aromatic heterocycles. The topological polar surface area (TPSA) is 72.2 Å². The van der Waals surface area contributed by atoms with Crippen LogP contribution in [-0.4, -0.2) is 14.5 Å². The van der Waals surface area contributed by atoms with E-state index in [1.807, 2.05) is 19.9 Å². The highest BCUT2D eigenvalue weighted by Gasteiger charge is 2.28. The zero-order valence-corrected chi connectivity index (χ0v) is 13.0. The van der Waals surface area contributed by atoms with Crippen molar-refractivity contribution in [3.05, 3.63) is 29.8 Å². The molecule has 1 aliphatic carbocycles. The summed E-state index contributed by atoms with van der Waals surface area (Å²) in [6.07, 6.45) is 4.22. The lowest BCUT2D eigenvalue weighted by Crippen LogP contribution is -2.40. The second-order valence-electron chi connectivity index (χ2n) is 5.69. The van der Waals surface area contributed by atoms with Gasteiger partial charge in [0.05, 0.1) is 4.90 Å². The monoisotopic (exact) mass is 296 g/mol. The Morgan fingerprint density at radius 2 is 2.10 bits per heavy atom. The maximum absolute atomic E-state index is 12.4. The maximum atomic E-state index is 12.4. The van der Waals surface area contributed by atoms with Crippen molar-refractivity contribution in [2.24, 2.45) is 11.7 Å². The average Bonchev–Trinajstić information content (AvgIpc) is 2.35. The third-order valence-corrected chi connectivity index (χ3v) is 5.79. The van der Waals surface area contributed by atoms with Crippen LogP contribution in [-0.2, 0) is 10.0 Å². The smallest absolute Gasteiger partial charge is 0.240 e. The molecule has 4 nitrogen and oxygen atoms in total. The molecule has 0 saturated heterocycles. The van der Waals surface area contributed by atoms with Gasteiger partial charge in [-0.2, -0.15) is 0 Å². The highest BCUT2D eigenvalue weighted by molar-refractivity contribution is 7.89. The lowest BCUT2D eigenvalue weighted by molar-refractivity contribution is 0.260. The molecule has 1 saturated carbocycles. The van der Waals surface area contributed by atoms with Gasteiger partial charge in [0.1, 0.15) is 0 Å². The number of hydrogen-bond donors (Lipinski definition) is 2. The van der Waals surface area contributed by atoms with E-state index in [1.165, 1.54) is 6.42 Å². The summed E-state index contributed by atoms with van der Waals surface area (Å²) in [6, 6.07) is 6.83. The van der Waals surface area contributed by atoms with Crippen LogP contribution < -0.4 is 10.5 Å². The van der Waals surface area contributed by atoms with Gasteiger partial charge in [-0.3, -0.25) is 0 Å². The largest absolute Gasteiger partial charge is 0.324 e. The second kappa shape index (κ2) is 6.24. The Balaban J connectivity index is 2.16. The van der Waals surface area contributed by atoms with Gasteiger partial charge in [-0.25, -0.2) is 13.1 Å². The molecule has 1 aromatic carbocycles. The van der Waals surface area contributed by atoms with Crippen molar-refractivity contribution in [1.82, 2.24) is 4.72 Å². The fourth-order valence-corrected chi connectivity index (χ4v) is 3.86. The molecular formula is C15H24N2O2S. The molecule has 1 fully saturated rings. The van der Waals surface area contributed by atoms with Gasteiger partial charge in [0.2, 0.25) is 10.0 Å². The molecule has 112 valence electrons. The average molecular weight is 296 g/mol.